The molecular weight excluding hydrogens is 792 g/mol. The number of aliphatic hydroxyl groups excluding tert-OH is 7. The summed E-state index contributed by atoms with van der Waals surface area (Å²) in [5, 5.41) is 71.8. The molecule has 2 aliphatic rings. The molecule has 0 aromatic carbocycles. The summed E-state index contributed by atoms with van der Waals surface area (Å²) in [4.78, 5) is 25.6. The molecular formula is C46H84O15. The molecule has 15 heteroatoms. The highest BCUT2D eigenvalue weighted by Gasteiger charge is 2.47. The molecule has 0 aromatic heterocycles. The zero-order valence-electron chi connectivity index (χ0n) is 37.4. The van der Waals surface area contributed by atoms with Crippen LogP contribution in [0.2, 0.25) is 0 Å². The first-order valence-electron chi connectivity index (χ1n) is 23.8. The molecule has 2 heterocycles. The van der Waals surface area contributed by atoms with Crippen molar-refractivity contribution in [1.82, 2.24) is 0 Å². The van der Waals surface area contributed by atoms with Gasteiger partial charge in [-0.3, -0.25) is 9.59 Å². The van der Waals surface area contributed by atoms with Crippen LogP contribution in [0.3, 0.4) is 0 Å². The molecule has 2 saturated heterocycles. The van der Waals surface area contributed by atoms with E-state index in [1.807, 2.05) is 0 Å². The van der Waals surface area contributed by atoms with Gasteiger partial charge in [0.1, 0.15) is 55.4 Å². The van der Waals surface area contributed by atoms with Gasteiger partial charge in [0.2, 0.25) is 0 Å². The SMILES string of the molecule is CCC/C=C\CCCCCCCC(=O)OC(COC(=O)CCCCCCCCCCCCCCCCC)COC1OC(COC2OC(CO)C(O)C(O)C2O)C(O)C(O)C1O. The molecule has 11 atom stereocenters. The lowest BCUT2D eigenvalue weighted by Gasteiger charge is -2.42. The number of hydrogen-bond acceptors (Lipinski definition) is 15. The van der Waals surface area contributed by atoms with Crippen molar-refractivity contribution in [3.8, 4) is 0 Å². The van der Waals surface area contributed by atoms with E-state index in [1.165, 1.54) is 70.6 Å². The number of esters is 2. The van der Waals surface area contributed by atoms with Crippen LogP contribution in [-0.2, 0) is 38.0 Å². The summed E-state index contributed by atoms with van der Waals surface area (Å²) in [7, 11) is 0. The first-order chi connectivity index (χ1) is 29.5. The monoisotopic (exact) mass is 877 g/mol. The summed E-state index contributed by atoms with van der Waals surface area (Å²) >= 11 is 0. The van der Waals surface area contributed by atoms with Gasteiger partial charge >= 0.3 is 11.9 Å². The predicted octanol–water partition coefficient (Wildman–Crippen LogP) is 5.43. The molecule has 0 aromatic rings. The lowest BCUT2D eigenvalue weighted by atomic mass is 9.98. The molecule has 2 fully saturated rings. The Morgan fingerprint density at radius 1 is 0.508 bits per heavy atom. The van der Waals surface area contributed by atoms with E-state index in [1.54, 1.807) is 0 Å². The van der Waals surface area contributed by atoms with Gasteiger partial charge < -0.3 is 64.2 Å². The molecule has 0 spiro atoms. The number of allylic oxidation sites excluding steroid dienone is 2. The molecule has 0 radical (unpaired) electrons. The first-order valence-corrected chi connectivity index (χ1v) is 23.8. The molecule has 0 amide bonds. The molecule has 0 bridgehead atoms. The van der Waals surface area contributed by atoms with Crippen LogP contribution in [0.1, 0.15) is 174 Å². The highest BCUT2D eigenvalue weighted by molar-refractivity contribution is 5.70. The van der Waals surface area contributed by atoms with Crippen molar-refractivity contribution in [2.45, 2.75) is 242 Å². The number of aliphatic hydroxyl groups is 7. The van der Waals surface area contributed by atoms with E-state index < -0.39 is 92.7 Å². The Hall–Kier alpha value is -1.76. The average molecular weight is 877 g/mol. The van der Waals surface area contributed by atoms with E-state index >= 15 is 0 Å². The smallest absolute Gasteiger partial charge is 0.306 e. The normalized spacial score (nSPS) is 27.4. The Balaban J connectivity index is 1.82. The van der Waals surface area contributed by atoms with Gasteiger partial charge in [-0.05, 0) is 32.1 Å². The van der Waals surface area contributed by atoms with E-state index in [0.717, 1.165) is 64.2 Å². The fourth-order valence-electron chi connectivity index (χ4n) is 7.51. The van der Waals surface area contributed by atoms with E-state index in [-0.39, 0.29) is 26.1 Å². The summed E-state index contributed by atoms with van der Waals surface area (Å²) in [6.07, 6.45) is 14.0. The number of ether oxygens (including phenoxy) is 6. The number of carbonyl (C=O) groups is 2. The molecule has 61 heavy (non-hydrogen) atoms. The maximum atomic E-state index is 12.9. The second-order valence-electron chi connectivity index (χ2n) is 16.9. The zero-order valence-corrected chi connectivity index (χ0v) is 37.4. The fourth-order valence-corrected chi connectivity index (χ4v) is 7.51. The summed E-state index contributed by atoms with van der Waals surface area (Å²) in [5.41, 5.74) is 0. The minimum absolute atomic E-state index is 0.158. The molecule has 15 nitrogen and oxygen atoms in total. The minimum atomic E-state index is -1.76. The van der Waals surface area contributed by atoms with Crippen LogP contribution >= 0.6 is 0 Å². The lowest BCUT2D eigenvalue weighted by Crippen LogP contribution is -2.61. The van der Waals surface area contributed by atoms with Gasteiger partial charge in [0.25, 0.3) is 0 Å². The minimum Gasteiger partial charge on any atom is -0.462 e. The van der Waals surface area contributed by atoms with Crippen molar-refractivity contribution in [3.63, 3.8) is 0 Å². The molecule has 0 saturated carbocycles. The van der Waals surface area contributed by atoms with Gasteiger partial charge in [-0.25, -0.2) is 0 Å². The standard InChI is InChI=1S/C46H84O15/c1-3-5-7-9-11-13-15-16-17-18-19-21-22-24-26-28-37(48)56-31-34(59-38(49)29-27-25-23-20-14-12-10-8-6-4-2)32-57-45-44(55)42(53)40(51)36(61-45)33-58-46-43(54)41(52)39(50)35(30-47)60-46/h8,10,34-36,39-47,50-55H,3-7,9,11-33H2,1-2H3/b10-8-. The van der Waals surface area contributed by atoms with Crippen LogP contribution in [0.4, 0.5) is 0 Å². The Labute approximate surface area is 365 Å². The quantitative estimate of drug-likeness (QED) is 0.0236. The van der Waals surface area contributed by atoms with Crippen molar-refractivity contribution < 1.29 is 73.8 Å². The summed E-state index contributed by atoms with van der Waals surface area (Å²) in [5.74, 6) is -0.931. The van der Waals surface area contributed by atoms with E-state index in [9.17, 15) is 45.3 Å². The highest BCUT2D eigenvalue weighted by Crippen LogP contribution is 2.26. The van der Waals surface area contributed by atoms with Crippen molar-refractivity contribution in [2.24, 2.45) is 0 Å². The molecule has 358 valence electrons. The van der Waals surface area contributed by atoms with Gasteiger partial charge in [-0.2, -0.15) is 0 Å². The van der Waals surface area contributed by atoms with Gasteiger partial charge in [-0.15, -0.1) is 0 Å². The van der Waals surface area contributed by atoms with Crippen molar-refractivity contribution in [3.05, 3.63) is 12.2 Å². The van der Waals surface area contributed by atoms with E-state index in [0.29, 0.717) is 12.8 Å². The van der Waals surface area contributed by atoms with Crippen molar-refractivity contribution in [1.29, 1.82) is 0 Å². The number of unbranched alkanes of at least 4 members (excludes halogenated alkanes) is 20. The Morgan fingerprint density at radius 3 is 1.51 bits per heavy atom. The van der Waals surface area contributed by atoms with E-state index in [4.69, 9.17) is 28.4 Å². The maximum Gasteiger partial charge on any atom is 0.306 e. The predicted molar refractivity (Wildman–Crippen MR) is 229 cm³/mol. The zero-order chi connectivity index (χ0) is 44.7. The van der Waals surface area contributed by atoms with Crippen LogP contribution in [0.15, 0.2) is 12.2 Å². The van der Waals surface area contributed by atoms with Gasteiger partial charge in [0, 0.05) is 12.8 Å². The van der Waals surface area contributed by atoms with Crippen LogP contribution in [0.25, 0.3) is 0 Å². The van der Waals surface area contributed by atoms with Gasteiger partial charge in [0.15, 0.2) is 18.7 Å². The third kappa shape index (κ3) is 23.7. The Bertz CT molecular complexity index is 1120. The van der Waals surface area contributed by atoms with Crippen molar-refractivity contribution >= 4 is 11.9 Å². The topological polar surface area (TPSA) is 231 Å². The number of hydrogen-bond donors (Lipinski definition) is 7. The molecule has 7 N–H and O–H groups in total. The molecule has 2 aliphatic heterocycles. The molecule has 0 aliphatic carbocycles. The third-order valence-corrected chi connectivity index (χ3v) is 11.5. The summed E-state index contributed by atoms with van der Waals surface area (Å²) < 4.78 is 33.4. The van der Waals surface area contributed by atoms with Gasteiger partial charge in [-0.1, -0.05) is 142 Å². The van der Waals surface area contributed by atoms with Crippen LogP contribution < -0.4 is 0 Å². The maximum absolute atomic E-state index is 12.9. The van der Waals surface area contributed by atoms with Gasteiger partial charge in [0.05, 0.1) is 19.8 Å². The fraction of sp³-hybridized carbons (Fsp3) is 0.913. The second kappa shape index (κ2) is 34.6. The lowest BCUT2D eigenvalue weighted by molar-refractivity contribution is -0.332. The summed E-state index contributed by atoms with van der Waals surface area (Å²) in [6.45, 7) is 2.51. The summed E-state index contributed by atoms with van der Waals surface area (Å²) in [6, 6.07) is 0. The van der Waals surface area contributed by atoms with Crippen LogP contribution in [-0.4, -0.2) is 142 Å². The average Bonchev–Trinajstić information content (AvgIpc) is 3.25. The van der Waals surface area contributed by atoms with Crippen molar-refractivity contribution in [2.75, 3.05) is 26.4 Å². The van der Waals surface area contributed by atoms with Crippen LogP contribution in [0.5, 0.6) is 0 Å². The third-order valence-electron chi connectivity index (χ3n) is 11.5. The number of rotatable bonds is 36. The molecule has 11 unspecified atom stereocenters. The largest absolute Gasteiger partial charge is 0.462 e. The highest BCUT2D eigenvalue weighted by atomic mass is 16.7. The Morgan fingerprint density at radius 2 is 0.967 bits per heavy atom. The molecule has 2 rings (SSSR count). The Kier molecular flexibility index (Phi) is 31.4. The number of carbonyl (C=O) groups excluding carboxylic acids is 2. The second-order valence-corrected chi connectivity index (χ2v) is 16.9. The first kappa shape index (κ1) is 55.4. The van der Waals surface area contributed by atoms with Crippen LogP contribution in [0, 0.1) is 0 Å². The van der Waals surface area contributed by atoms with E-state index in [2.05, 4.69) is 26.0 Å².